The molecule has 0 spiro atoms. The number of allylic oxidation sites excluding steroid dienone is 1. The summed E-state index contributed by atoms with van der Waals surface area (Å²) in [6.07, 6.45) is 2.72. The van der Waals surface area contributed by atoms with E-state index in [-0.39, 0.29) is 16.7 Å². The molecule has 1 heterocycles. The lowest BCUT2D eigenvalue weighted by atomic mass is 10.0. The van der Waals surface area contributed by atoms with E-state index in [2.05, 4.69) is 4.98 Å². The Morgan fingerprint density at radius 1 is 1.31 bits per heavy atom. The fourth-order valence-electron chi connectivity index (χ4n) is 2.52. The second-order valence-electron chi connectivity index (χ2n) is 5.40. The van der Waals surface area contributed by atoms with E-state index in [0.717, 1.165) is 12.1 Å². The Balaban J connectivity index is 2.04. The smallest absolute Gasteiger partial charge is 0.311 e. The summed E-state index contributed by atoms with van der Waals surface area (Å²) in [6, 6.07) is 10.4. The molecule has 2 aromatic carbocycles. The predicted octanol–water partition coefficient (Wildman–Crippen LogP) is 4.22. The molecular weight excluding hydrogens is 358 g/mol. The molecule has 3 aromatic rings. The van der Waals surface area contributed by atoms with Crippen LogP contribution in [-0.4, -0.2) is 20.8 Å². The van der Waals surface area contributed by atoms with Gasteiger partial charge in [-0.15, -0.1) is 0 Å². The highest BCUT2D eigenvalue weighted by Crippen LogP contribution is 2.28. The van der Waals surface area contributed by atoms with E-state index in [1.807, 2.05) is 6.07 Å². The minimum absolute atomic E-state index is 0.194. The van der Waals surface area contributed by atoms with Gasteiger partial charge >= 0.3 is 5.69 Å². The summed E-state index contributed by atoms with van der Waals surface area (Å²) < 4.78 is 0. The van der Waals surface area contributed by atoms with Gasteiger partial charge in [0, 0.05) is 33.8 Å². The zero-order valence-electron chi connectivity index (χ0n) is 13.1. The summed E-state index contributed by atoms with van der Waals surface area (Å²) in [5.41, 5.74) is 0.490. The second-order valence-corrected chi connectivity index (χ2v) is 5.83. The van der Waals surface area contributed by atoms with Crippen LogP contribution >= 0.6 is 11.6 Å². The summed E-state index contributed by atoms with van der Waals surface area (Å²) in [5, 5.41) is 30.9. The molecule has 26 heavy (non-hydrogen) atoms. The van der Waals surface area contributed by atoms with Crippen molar-refractivity contribution in [2.75, 3.05) is 0 Å². The van der Waals surface area contributed by atoms with Crippen LogP contribution in [0.15, 0.2) is 48.2 Å². The number of phenolic OH excluding ortho intramolecular Hbond substituents is 1. The number of aromatic amines is 1. The van der Waals surface area contributed by atoms with Crippen LogP contribution in [0.5, 0.6) is 5.75 Å². The number of halogens is 1. The molecule has 0 unspecified atom stereocenters. The minimum atomic E-state index is -0.746. The van der Waals surface area contributed by atoms with Gasteiger partial charge in [-0.25, -0.2) is 0 Å². The normalized spacial score (nSPS) is 11.3. The number of rotatable bonds is 4. The van der Waals surface area contributed by atoms with Crippen LogP contribution in [0.25, 0.3) is 17.0 Å². The highest BCUT2D eigenvalue weighted by Gasteiger charge is 2.18. The number of hydrogen-bond donors (Lipinski definition) is 2. The number of benzene rings is 2. The third-order valence-electron chi connectivity index (χ3n) is 3.76. The molecule has 3 rings (SSSR count). The van der Waals surface area contributed by atoms with Gasteiger partial charge in [0.2, 0.25) is 5.78 Å². The highest BCUT2D eigenvalue weighted by molar-refractivity contribution is 6.31. The monoisotopic (exact) mass is 367 g/mol. The van der Waals surface area contributed by atoms with E-state index in [9.17, 15) is 25.3 Å². The Hall–Kier alpha value is -3.63. The van der Waals surface area contributed by atoms with Crippen molar-refractivity contribution in [2.45, 2.75) is 0 Å². The van der Waals surface area contributed by atoms with Crippen molar-refractivity contribution in [3.05, 3.63) is 74.4 Å². The average molecular weight is 368 g/mol. The molecule has 128 valence electrons. The molecule has 0 aliphatic carbocycles. The van der Waals surface area contributed by atoms with Gasteiger partial charge in [-0.05, 0) is 29.8 Å². The number of nitro groups is 1. The number of nitriles is 1. The number of ketones is 1. The standard InChI is InChI=1S/C18H10ClN3O4/c19-12-2-3-13-14(9-21-15(13)7-12)18(24)11(8-20)5-10-1-4-17(23)16(6-10)22(25)26/h1-7,9,21,23H. The Morgan fingerprint density at radius 3 is 2.77 bits per heavy atom. The fourth-order valence-corrected chi connectivity index (χ4v) is 2.70. The van der Waals surface area contributed by atoms with E-state index in [1.54, 1.807) is 18.2 Å². The Kier molecular flexibility index (Phi) is 4.43. The number of aromatic nitrogens is 1. The van der Waals surface area contributed by atoms with Crippen molar-refractivity contribution in [1.82, 2.24) is 4.98 Å². The first-order valence-corrected chi connectivity index (χ1v) is 7.69. The molecule has 0 amide bonds. The van der Waals surface area contributed by atoms with Crippen LogP contribution in [-0.2, 0) is 0 Å². The van der Waals surface area contributed by atoms with Crippen molar-refractivity contribution in [1.29, 1.82) is 5.26 Å². The molecule has 8 heteroatoms. The van der Waals surface area contributed by atoms with Crippen LogP contribution in [0, 0.1) is 21.4 Å². The average Bonchev–Trinajstić information content (AvgIpc) is 3.03. The molecule has 2 N–H and O–H groups in total. The maximum atomic E-state index is 12.7. The van der Waals surface area contributed by atoms with Crippen molar-refractivity contribution in [2.24, 2.45) is 0 Å². The molecule has 0 saturated carbocycles. The van der Waals surface area contributed by atoms with Gasteiger partial charge < -0.3 is 10.1 Å². The number of nitro benzene ring substituents is 1. The Bertz CT molecular complexity index is 1130. The Labute approximate surface area is 151 Å². The van der Waals surface area contributed by atoms with Gasteiger partial charge in [0.15, 0.2) is 5.75 Å². The molecular formula is C18H10ClN3O4. The van der Waals surface area contributed by atoms with Crippen LogP contribution in [0.4, 0.5) is 5.69 Å². The van der Waals surface area contributed by atoms with Gasteiger partial charge in [0.05, 0.1) is 4.92 Å². The summed E-state index contributed by atoms with van der Waals surface area (Å²) in [4.78, 5) is 25.8. The summed E-state index contributed by atoms with van der Waals surface area (Å²) in [7, 11) is 0. The number of phenols is 1. The zero-order chi connectivity index (χ0) is 18.8. The second kappa shape index (κ2) is 6.70. The first-order chi connectivity index (χ1) is 12.4. The molecule has 0 bridgehead atoms. The first-order valence-electron chi connectivity index (χ1n) is 7.31. The van der Waals surface area contributed by atoms with Crippen molar-refractivity contribution in [3.8, 4) is 11.8 Å². The van der Waals surface area contributed by atoms with Crippen molar-refractivity contribution in [3.63, 3.8) is 0 Å². The number of hydrogen-bond acceptors (Lipinski definition) is 5. The first kappa shape index (κ1) is 17.2. The number of nitrogens with zero attached hydrogens (tertiary/aromatic N) is 2. The minimum Gasteiger partial charge on any atom is -0.502 e. The maximum absolute atomic E-state index is 12.7. The number of carbonyl (C=O) groups excluding carboxylic acids is 1. The summed E-state index contributed by atoms with van der Waals surface area (Å²) >= 11 is 5.91. The topological polar surface area (TPSA) is 120 Å². The van der Waals surface area contributed by atoms with Crippen LogP contribution in [0.2, 0.25) is 5.02 Å². The van der Waals surface area contributed by atoms with E-state index in [0.29, 0.717) is 15.9 Å². The third kappa shape index (κ3) is 3.14. The maximum Gasteiger partial charge on any atom is 0.311 e. The van der Waals surface area contributed by atoms with E-state index >= 15 is 0 Å². The quantitative estimate of drug-likeness (QED) is 0.235. The summed E-state index contributed by atoms with van der Waals surface area (Å²) in [6.45, 7) is 0. The van der Waals surface area contributed by atoms with Crippen molar-refractivity contribution < 1.29 is 14.8 Å². The molecule has 0 aliphatic rings. The lowest BCUT2D eigenvalue weighted by molar-refractivity contribution is -0.385. The lowest BCUT2D eigenvalue weighted by Crippen LogP contribution is -2.01. The van der Waals surface area contributed by atoms with Gasteiger partial charge in [0.25, 0.3) is 0 Å². The zero-order valence-corrected chi connectivity index (χ0v) is 13.8. The fraction of sp³-hybridized carbons (Fsp3) is 0. The van der Waals surface area contributed by atoms with Gasteiger partial charge in [-0.2, -0.15) is 5.26 Å². The number of carbonyl (C=O) groups is 1. The lowest BCUT2D eigenvalue weighted by Gasteiger charge is -2.01. The Morgan fingerprint density at radius 2 is 2.08 bits per heavy atom. The molecule has 1 aromatic heterocycles. The number of Topliss-reactive ketones (excluding diaryl/α,β-unsaturated/α-hetero) is 1. The number of aromatic hydroxyl groups is 1. The largest absolute Gasteiger partial charge is 0.502 e. The van der Waals surface area contributed by atoms with Crippen LogP contribution in [0.1, 0.15) is 15.9 Å². The molecule has 0 radical (unpaired) electrons. The van der Waals surface area contributed by atoms with E-state index in [1.165, 1.54) is 18.3 Å². The highest BCUT2D eigenvalue weighted by atomic mass is 35.5. The SMILES string of the molecule is N#CC(=Cc1ccc(O)c([N+](=O)[O-])c1)C(=O)c1c[nH]c2cc(Cl)ccc12. The van der Waals surface area contributed by atoms with Gasteiger partial charge in [0.1, 0.15) is 11.6 Å². The molecule has 7 nitrogen and oxygen atoms in total. The predicted molar refractivity (Wildman–Crippen MR) is 96.0 cm³/mol. The van der Waals surface area contributed by atoms with Gasteiger partial charge in [-0.3, -0.25) is 14.9 Å². The number of H-pyrrole nitrogens is 1. The van der Waals surface area contributed by atoms with E-state index < -0.39 is 22.1 Å². The third-order valence-corrected chi connectivity index (χ3v) is 4.00. The van der Waals surface area contributed by atoms with Crippen LogP contribution < -0.4 is 0 Å². The number of nitrogens with one attached hydrogen (secondary N) is 1. The molecule has 0 saturated heterocycles. The molecule has 0 atom stereocenters. The van der Waals surface area contributed by atoms with E-state index in [4.69, 9.17) is 11.6 Å². The molecule has 0 aliphatic heterocycles. The summed E-state index contributed by atoms with van der Waals surface area (Å²) in [5.74, 6) is -1.03. The van der Waals surface area contributed by atoms with Gasteiger partial charge in [-0.1, -0.05) is 23.7 Å². The van der Waals surface area contributed by atoms with Crippen molar-refractivity contribution >= 4 is 40.1 Å². The van der Waals surface area contributed by atoms with Crippen LogP contribution in [0.3, 0.4) is 0 Å². The number of fused-ring (bicyclic) bond motifs is 1. The molecule has 0 fully saturated rings.